The standard InChI is InChI=1S/C17H27N3S.HI/c1-13-6-7-15(14(2)10-13)11-19-16(18-4)20-12-17(3)8-5-9-21-17;/h6-7,10H,5,8-9,11-12H2,1-4H3,(H2,18,19,20);1H. The fourth-order valence-corrected chi connectivity index (χ4v) is 3.94. The predicted octanol–water partition coefficient (Wildman–Crippen LogP) is 3.87. The second-order valence-electron chi connectivity index (χ2n) is 6.11. The van der Waals surface area contributed by atoms with Crippen LogP contribution in [-0.2, 0) is 6.54 Å². The lowest BCUT2D eigenvalue weighted by Gasteiger charge is -2.24. The third-order valence-corrected chi connectivity index (χ3v) is 5.64. The lowest BCUT2D eigenvalue weighted by atomic mass is 10.1. The first kappa shape index (κ1) is 19.6. The Morgan fingerprint density at radius 1 is 1.32 bits per heavy atom. The second-order valence-corrected chi connectivity index (χ2v) is 7.79. The summed E-state index contributed by atoms with van der Waals surface area (Å²) in [4.78, 5) is 4.33. The summed E-state index contributed by atoms with van der Waals surface area (Å²) in [5, 5.41) is 6.89. The van der Waals surface area contributed by atoms with E-state index in [-0.39, 0.29) is 24.0 Å². The highest BCUT2D eigenvalue weighted by Gasteiger charge is 2.29. The minimum atomic E-state index is 0. The van der Waals surface area contributed by atoms with Gasteiger partial charge in [0.2, 0.25) is 0 Å². The van der Waals surface area contributed by atoms with Crippen LogP contribution in [0.25, 0.3) is 0 Å². The molecule has 0 spiro atoms. The van der Waals surface area contributed by atoms with Gasteiger partial charge in [0.15, 0.2) is 5.96 Å². The van der Waals surface area contributed by atoms with Gasteiger partial charge in [-0.25, -0.2) is 0 Å². The van der Waals surface area contributed by atoms with Crippen molar-refractivity contribution in [2.24, 2.45) is 4.99 Å². The van der Waals surface area contributed by atoms with Crippen molar-refractivity contribution in [3.8, 4) is 0 Å². The Morgan fingerprint density at radius 3 is 2.68 bits per heavy atom. The van der Waals surface area contributed by atoms with Gasteiger partial charge in [-0.2, -0.15) is 11.8 Å². The summed E-state index contributed by atoms with van der Waals surface area (Å²) >= 11 is 2.07. The molecule has 22 heavy (non-hydrogen) atoms. The van der Waals surface area contributed by atoms with Crippen molar-refractivity contribution in [3.05, 3.63) is 34.9 Å². The first-order valence-corrected chi connectivity index (χ1v) is 8.66. The molecular formula is C17H28IN3S. The van der Waals surface area contributed by atoms with Crippen molar-refractivity contribution in [1.29, 1.82) is 0 Å². The van der Waals surface area contributed by atoms with Crippen molar-refractivity contribution in [2.75, 3.05) is 19.3 Å². The molecule has 1 heterocycles. The van der Waals surface area contributed by atoms with Gasteiger partial charge in [0.1, 0.15) is 0 Å². The van der Waals surface area contributed by atoms with E-state index >= 15 is 0 Å². The van der Waals surface area contributed by atoms with E-state index in [2.05, 4.69) is 66.4 Å². The van der Waals surface area contributed by atoms with Crippen LogP contribution in [0.3, 0.4) is 0 Å². The third-order valence-electron chi connectivity index (χ3n) is 4.10. The van der Waals surface area contributed by atoms with E-state index in [1.165, 1.54) is 35.3 Å². The van der Waals surface area contributed by atoms with Crippen LogP contribution in [0, 0.1) is 13.8 Å². The van der Waals surface area contributed by atoms with Crippen LogP contribution < -0.4 is 10.6 Å². The summed E-state index contributed by atoms with van der Waals surface area (Å²) in [5.41, 5.74) is 3.96. The Kier molecular flexibility index (Phi) is 8.03. The lowest BCUT2D eigenvalue weighted by molar-refractivity contribution is 0.584. The Labute approximate surface area is 156 Å². The summed E-state index contributed by atoms with van der Waals surface area (Å²) in [6.07, 6.45) is 2.62. The smallest absolute Gasteiger partial charge is 0.191 e. The van der Waals surface area contributed by atoms with Crippen LogP contribution in [0.15, 0.2) is 23.2 Å². The number of aliphatic imine (C=N–C) groups is 1. The SMILES string of the molecule is CN=C(NCc1ccc(C)cc1C)NCC1(C)CCCS1.I. The van der Waals surface area contributed by atoms with Crippen molar-refractivity contribution in [2.45, 2.75) is 44.9 Å². The maximum Gasteiger partial charge on any atom is 0.191 e. The monoisotopic (exact) mass is 433 g/mol. The molecule has 1 fully saturated rings. The van der Waals surface area contributed by atoms with Gasteiger partial charge in [-0.3, -0.25) is 4.99 Å². The average Bonchev–Trinajstić information content (AvgIpc) is 2.88. The van der Waals surface area contributed by atoms with Crippen LogP contribution in [-0.4, -0.2) is 30.1 Å². The molecule has 1 aliphatic heterocycles. The number of hydrogen-bond acceptors (Lipinski definition) is 2. The summed E-state index contributed by atoms with van der Waals surface area (Å²) in [7, 11) is 1.83. The third kappa shape index (κ3) is 5.65. The van der Waals surface area contributed by atoms with Gasteiger partial charge in [0, 0.05) is 24.9 Å². The highest BCUT2D eigenvalue weighted by atomic mass is 127. The van der Waals surface area contributed by atoms with Gasteiger partial charge >= 0.3 is 0 Å². The number of hydrogen-bond donors (Lipinski definition) is 2. The fraction of sp³-hybridized carbons (Fsp3) is 0.588. The molecule has 1 unspecified atom stereocenters. The number of benzene rings is 1. The second kappa shape index (κ2) is 9.01. The minimum Gasteiger partial charge on any atom is -0.355 e. The molecule has 0 bridgehead atoms. The normalized spacial score (nSPS) is 21.4. The van der Waals surface area contributed by atoms with Crippen molar-refractivity contribution in [1.82, 2.24) is 10.6 Å². The highest BCUT2D eigenvalue weighted by molar-refractivity contribution is 14.0. The molecule has 1 atom stereocenters. The number of halogens is 1. The van der Waals surface area contributed by atoms with Crippen LogP contribution in [0.4, 0.5) is 0 Å². The van der Waals surface area contributed by atoms with Gasteiger partial charge in [0.05, 0.1) is 0 Å². The zero-order valence-electron chi connectivity index (χ0n) is 14.0. The van der Waals surface area contributed by atoms with Gasteiger partial charge < -0.3 is 10.6 Å². The molecule has 124 valence electrons. The summed E-state index contributed by atoms with van der Waals surface area (Å²) in [6, 6.07) is 6.58. The van der Waals surface area contributed by atoms with Gasteiger partial charge in [-0.15, -0.1) is 24.0 Å². The molecular weight excluding hydrogens is 405 g/mol. The lowest BCUT2D eigenvalue weighted by Crippen LogP contribution is -2.43. The summed E-state index contributed by atoms with van der Waals surface area (Å²) < 4.78 is 0.359. The van der Waals surface area contributed by atoms with Crippen molar-refractivity contribution in [3.63, 3.8) is 0 Å². The quantitative estimate of drug-likeness (QED) is 0.430. The average molecular weight is 433 g/mol. The molecule has 2 N–H and O–H groups in total. The molecule has 0 amide bonds. The predicted molar refractivity (Wildman–Crippen MR) is 110 cm³/mol. The number of thioether (sulfide) groups is 1. The topological polar surface area (TPSA) is 36.4 Å². The minimum absolute atomic E-state index is 0. The van der Waals surface area contributed by atoms with E-state index in [9.17, 15) is 0 Å². The van der Waals surface area contributed by atoms with E-state index in [1.54, 1.807) is 0 Å². The summed E-state index contributed by atoms with van der Waals surface area (Å²) in [6.45, 7) is 8.43. The van der Waals surface area contributed by atoms with Crippen LogP contribution in [0.2, 0.25) is 0 Å². The van der Waals surface area contributed by atoms with Gasteiger partial charge in [-0.1, -0.05) is 23.8 Å². The van der Waals surface area contributed by atoms with E-state index in [0.29, 0.717) is 4.75 Å². The molecule has 0 radical (unpaired) electrons. The zero-order chi connectivity index (χ0) is 15.3. The number of guanidine groups is 1. The maximum absolute atomic E-state index is 4.33. The van der Waals surface area contributed by atoms with Gasteiger partial charge in [0.25, 0.3) is 0 Å². The molecule has 5 heteroatoms. The number of nitrogens with one attached hydrogen (secondary N) is 2. The molecule has 0 aliphatic carbocycles. The van der Waals surface area contributed by atoms with E-state index in [1.807, 2.05) is 7.05 Å². The Balaban J connectivity index is 0.00000242. The van der Waals surface area contributed by atoms with Crippen LogP contribution in [0.5, 0.6) is 0 Å². The zero-order valence-corrected chi connectivity index (χ0v) is 17.2. The van der Waals surface area contributed by atoms with Crippen LogP contribution >= 0.6 is 35.7 Å². The molecule has 3 nitrogen and oxygen atoms in total. The Morgan fingerprint density at radius 2 is 2.09 bits per heavy atom. The maximum atomic E-state index is 4.33. The Bertz CT molecular complexity index is 511. The molecule has 0 aromatic heterocycles. The molecule has 1 aromatic rings. The molecule has 2 rings (SSSR count). The first-order chi connectivity index (χ1) is 10.0. The van der Waals surface area contributed by atoms with Crippen molar-refractivity contribution < 1.29 is 0 Å². The number of rotatable bonds is 4. The molecule has 1 aliphatic rings. The Hall–Kier alpha value is -0.430. The fourth-order valence-electron chi connectivity index (χ4n) is 2.69. The van der Waals surface area contributed by atoms with E-state index < -0.39 is 0 Å². The highest BCUT2D eigenvalue weighted by Crippen LogP contribution is 2.36. The van der Waals surface area contributed by atoms with Crippen molar-refractivity contribution >= 4 is 41.7 Å². The molecule has 0 saturated carbocycles. The molecule has 1 saturated heterocycles. The van der Waals surface area contributed by atoms with Crippen LogP contribution in [0.1, 0.15) is 36.5 Å². The van der Waals surface area contributed by atoms with E-state index in [4.69, 9.17) is 0 Å². The largest absolute Gasteiger partial charge is 0.355 e. The number of nitrogens with zero attached hydrogens (tertiary/aromatic N) is 1. The molecule has 1 aromatic carbocycles. The first-order valence-electron chi connectivity index (χ1n) is 7.67. The van der Waals surface area contributed by atoms with Gasteiger partial charge in [-0.05, 0) is 50.5 Å². The van der Waals surface area contributed by atoms with E-state index in [0.717, 1.165) is 19.0 Å². The number of aryl methyl sites for hydroxylation is 2. The summed E-state index contributed by atoms with van der Waals surface area (Å²) in [5.74, 6) is 2.18.